The van der Waals surface area contributed by atoms with Crippen molar-refractivity contribution in [3.63, 3.8) is 0 Å². The Morgan fingerprint density at radius 3 is 2.42 bits per heavy atom. The number of nitrogens with one attached hydrogen (secondary N) is 1. The third-order valence-corrected chi connectivity index (χ3v) is 5.41. The van der Waals surface area contributed by atoms with Gasteiger partial charge in [0.05, 0.1) is 26.9 Å². The molecule has 3 heterocycles. The number of Topliss-reactive ketones (excluding diaryl/α,β-unsaturated/α-hetero) is 1. The minimum absolute atomic E-state index is 0.00801. The van der Waals surface area contributed by atoms with Crippen LogP contribution in [0, 0.1) is 0 Å². The molecule has 0 spiro atoms. The Morgan fingerprint density at radius 2 is 1.73 bits per heavy atom. The summed E-state index contributed by atoms with van der Waals surface area (Å²) in [5.74, 6) is -1.96. The molecule has 1 aromatic carbocycles. The van der Waals surface area contributed by atoms with E-state index in [9.17, 15) is 22.8 Å². The predicted molar refractivity (Wildman–Crippen MR) is 117 cm³/mol. The van der Waals surface area contributed by atoms with Gasteiger partial charge in [-0.3, -0.25) is 14.6 Å². The molecule has 33 heavy (non-hydrogen) atoms. The lowest BCUT2D eigenvalue weighted by molar-refractivity contribution is -0.138. The van der Waals surface area contributed by atoms with Crippen molar-refractivity contribution in [1.82, 2.24) is 14.5 Å². The van der Waals surface area contributed by atoms with E-state index in [1.807, 2.05) is 0 Å². The van der Waals surface area contributed by atoms with Crippen LogP contribution >= 0.6 is 23.2 Å². The molecular weight excluding hydrogens is 480 g/mol. The lowest BCUT2D eigenvalue weighted by Gasteiger charge is -2.13. The number of aromatic nitrogens is 3. The summed E-state index contributed by atoms with van der Waals surface area (Å²) >= 11 is 12.0. The molecule has 4 rings (SSSR count). The minimum Gasteiger partial charge on any atom is -0.327 e. The highest BCUT2D eigenvalue weighted by Crippen LogP contribution is 2.33. The number of pyridine rings is 2. The normalized spacial score (nSPS) is 11.5. The Labute approximate surface area is 195 Å². The van der Waals surface area contributed by atoms with Gasteiger partial charge in [-0.25, -0.2) is 4.98 Å². The second-order valence-corrected chi connectivity index (χ2v) is 7.78. The van der Waals surface area contributed by atoms with Crippen LogP contribution in [0.15, 0.2) is 61.2 Å². The van der Waals surface area contributed by atoms with Crippen LogP contribution in [0.3, 0.4) is 0 Å². The zero-order valence-electron chi connectivity index (χ0n) is 16.5. The first kappa shape index (κ1) is 22.8. The van der Waals surface area contributed by atoms with Gasteiger partial charge in [0.25, 0.3) is 11.7 Å². The summed E-state index contributed by atoms with van der Waals surface area (Å²) in [6, 6.07) is 8.23. The van der Waals surface area contributed by atoms with Crippen molar-refractivity contribution >= 4 is 51.6 Å². The van der Waals surface area contributed by atoms with Crippen molar-refractivity contribution in [2.24, 2.45) is 0 Å². The van der Waals surface area contributed by atoms with Crippen LogP contribution in [0.4, 0.5) is 18.9 Å². The average Bonchev–Trinajstić information content (AvgIpc) is 3.14. The van der Waals surface area contributed by atoms with E-state index in [1.165, 1.54) is 47.6 Å². The molecule has 3 aromatic heterocycles. The van der Waals surface area contributed by atoms with Crippen molar-refractivity contribution in [2.45, 2.75) is 12.7 Å². The first-order valence-electron chi connectivity index (χ1n) is 9.40. The highest BCUT2D eigenvalue weighted by molar-refractivity contribution is 6.50. The first-order chi connectivity index (χ1) is 15.7. The number of carbonyl (C=O) groups excluding carboxylic acids is 2. The highest BCUT2D eigenvalue weighted by atomic mass is 35.5. The highest BCUT2D eigenvalue weighted by Gasteiger charge is 2.33. The zero-order valence-corrected chi connectivity index (χ0v) is 18.0. The van der Waals surface area contributed by atoms with Crippen molar-refractivity contribution < 1.29 is 22.8 Å². The number of ketones is 1. The number of anilines is 1. The van der Waals surface area contributed by atoms with Gasteiger partial charge < -0.3 is 9.88 Å². The standard InChI is InChI=1S/C22H13Cl2F3N4O2/c23-16-8-28-9-17(24)18(16)30-21(33)19(32)14-11-31(20-13(14)5-3-7-29-20)10-12-4-1-2-6-15(12)22(25,26)27/h1-9,11H,10H2,(H,28,30,33). The summed E-state index contributed by atoms with van der Waals surface area (Å²) in [7, 11) is 0. The fourth-order valence-corrected chi connectivity index (χ4v) is 3.82. The van der Waals surface area contributed by atoms with Crippen LogP contribution in [0.2, 0.25) is 10.0 Å². The molecule has 168 valence electrons. The molecule has 0 saturated carbocycles. The van der Waals surface area contributed by atoms with Crippen LogP contribution in [-0.2, 0) is 17.5 Å². The molecule has 0 aliphatic carbocycles. The SMILES string of the molecule is O=C(Nc1c(Cl)cncc1Cl)C(=O)c1cn(Cc2ccccc2C(F)(F)F)c2ncccc12. The number of benzene rings is 1. The smallest absolute Gasteiger partial charge is 0.327 e. The summed E-state index contributed by atoms with van der Waals surface area (Å²) in [6.07, 6.45) is 0.708. The quantitative estimate of drug-likeness (QED) is 0.289. The van der Waals surface area contributed by atoms with Gasteiger partial charge in [-0.1, -0.05) is 41.4 Å². The average molecular weight is 493 g/mol. The maximum Gasteiger partial charge on any atom is 0.416 e. The molecular formula is C22H13Cl2F3N4O2. The molecule has 0 bridgehead atoms. The second-order valence-electron chi connectivity index (χ2n) is 6.96. The Kier molecular flexibility index (Phi) is 6.09. The fraction of sp³-hybridized carbons (Fsp3) is 0.0909. The van der Waals surface area contributed by atoms with Crippen LogP contribution in [0.1, 0.15) is 21.5 Å². The number of nitrogens with zero attached hydrogens (tertiary/aromatic N) is 3. The first-order valence-corrected chi connectivity index (χ1v) is 10.2. The lowest BCUT2D eigenvalue weighted by atomic mass is 10.1. The van der Waals surface area contributed by atoms with Gasteiger partial charge in [0.1, 0.15) is 5.65 Å². The van der Waals surface area contributed by atoms with Gasteiger partial charge in [0, 0.05) is 36.7 Å². The van der Waals surface area contributed by atoms with E-state index >= 15 is 0 Å². The molecule has 0 fully saturated rings. The number of amides is 1. The third-order valence-electron chi connectivity index (χ3n) is 4.84. The molecule has 1 amide bonds. The van der Waals surface area contributed by atoms with Crippen LogP contribution in [-0.4, -0.2) is 26.2 Å². The number of rotatable bonds is 5. The maximum absolute atomic E-state index is 13.4. The molecule has 0 aliphatic heterocycles. The molecule has 0 saturated heterocycles. The molecule has 0 atom stereocenters. The maximum atomic E-state index is 13.4. The summed E-state index contributed by atoms with van der Waals surface area (Å²) in [6.45, 7) is -0.208. The molecule has 0 unspecified atom stereocenters. The molecule has 4 aromatic rings. The Hall–Kier alpha value is -3.43. The number of halogens is 5. The summed E-state index contributed by atoms with van der Waals surface area (Å²) in [5, 5.41) is 2.75. The van der Waals surface area contributed by atoms with E-state index in [-0.39, 0.29) is 39.1 Å². The topological polar surface area (TPSA) is 76.9 Å². The van der Waals surface area contributed by atoms with Crippen LogP contribution in [0.25, 0.3) is 11.0 Å². The number of carbonyl (C=O) groups is 2. The van der Waals surface area contributed by atoms with Crippen LogP contribution < -0.4 is 5.32 Å². The molecule has 1 N–H and O–H groups in total. The molecule has 0 radical (unpaired) electrons. The molecule has 6 nitrogen and oxygen atoms in total. The van der Waals surface area contributed by atoms with Crippen molar-refractivity contribution in [3.05, 3.63) is 87.9 Å². The van der Waals surface area contributed by atoms with Gasteiger partial charge in [-0.05, 0) is 23.8 Å². The summed E-state index contributed by atoms with van der Waals surface area (Å²) in [5.41, 5.74) is -0.554. The Morgan fingerprint density at radius 1 is 1.03 bits per heavy atom. The van der Waals surface area contributed by atoms with E-state index < -0.39 is 23.4 Å². The van der Waals surface area contributed by atoms with Gasteiger partial charge in [0.15, 0.2) is 0 Å². The number of fused-ring (bicyclic) bond motifs is 1. The lowest BCUT2D eigenvalue weighted by Crippen LogP contribution is -2.23. The van der Waals surface area contributed by atoms with Crippen molar-refractivity contribution in [2.75, 3.05) is 5.32 Å². The Bertz CT molecular complexity index is 1370. The van der Waals surface area contributed by atoms with E-state index in [0.29, 0.717) is 5.39 Å². The molecule has 0 aliphatic rings. The van der Waals surface area contributed by atoms with Crippen LogP contribution in [0.5, 0.6) is 0 Å². The van der Waals surface area contributed by atoms with Gasteiger partial charge in [-0.2, -0.15) is 13.2 Å². The predicted octanol–water partition coefficient (Wildman–Crippen LogP) is 5.63. The summed E-state index contributed by atoms with van der Waals surface area (Å²) in [4.78, 5) is 33.5. The Balaban J connectivity index is 1.71. The van der Waals surface area contributed by atoms with Gasteiger partial charge >= 0.3 is 6.18 Å². The minimum atomic E-state index is -4.55. The number of hydrogen-bond donors (Lipinski definition) is 1. The zero-order chi connectivity index (χ0) is 23.8. The number of hydrogen-bond acceptors (Lipinski definition) is 4. The third kappa shape index (κ3) is 4.55. The van der Waals surface area contributed by atoms with Crippen molar-refractivity contribution in [1.29, 1.82) is 0 Å². The fourth-order valence-electron chi connectivity index (χ4n) is 3.37. The van der Waals surface area contributed by atoms with E-state index in [0.717, 1.165) is 6.07 Å². The monoisotopic (exact) mass is 492 g/mol. The summed E-state index contributed by atoms with van der Waals surface area (Å²) < 4.78 is 41.7. The van der Waals surface area contributed by atoms with Gasteiger partial charge in [0.2, 0.25) is 0 Å². The van der Waals surface area contributed by atoms with Gasteiger partial charge in [-0.15, -0.1) is 0 Å². The second kappa shape index (κ2) is 8.84. The van der Waals surface area contributed by atoms with E-state index in [2.05, 4.69) is 15.3 Å². The van der Waals surface area contributed by atoms with Crippen molar-refractivity contribution in [3.8, 4) is 0 Å². The van der Waals surface area contributed by atoms with E-state index in [1.54, 1.807) is 12.1 Å². The number of alkyl halides is 3. The van der Waals surface area contributed by atoms with E-state index in [4.69, 9.17) is 23.2 Å². The molecule has 11 heteroatoms. The largest absolute Gasteiger partial charge is 0.416 e.